The SMILES string of the molecule is CC(C)C1(O)CN(S(=O)(=O)N(C)CCC(=O)O)C1. The molecule has 1 aliphatic rings. The van der Waals surface area contributed by atoms with Gasteiger partial charge in [0, 0.05) is 26.7 Å². The zero-order valence-electron chi connectivity index (χ0n) is 10.8. The van der Waals surface area contributed by atoms with E-state index in [9.17, 15) is 18.3 Å². The number of aliphatic carboxylic acids is 1. The van der Waals surface area contributed by atoms with E-state index >= 15 is 0 Å². The molecule has 18 heavy (non-hydrogen) atoms. The van der Waals surface area contributed by atoms with E-state index in [1.165, 1.54) is 7.05 Å². The van der Waals surface area contributed by atoms with Gasteiger partial charge in [-0.25, -0.2) is 0 Å². The number of rotatable bonds is 6. The monoisotopic (exact) mass is 280 g/mol. The van der Waals surface area contributed by atoms with Crippen LogP contribution in [0.15, 0.2) is 0 Å². The molecule has 7 nitrogen and oxygen atoms in total. The molecule has 0 aromatic carbocycles. The molecule has 0 aliphatic carbocycles. The van der Waals surface area contributed by atoms with Gasteiger partial charge in [0.25, 0.3) is 10.2 Å². The van der Waals surface area contributed by atoms with Crippen molar-refractivity contribution in [2.45, 2.75) is 25.9 Å². The highest BCUT2D eigenvalue weighted by molar-refractivity contribution is 7.86. The number of hydrogen-bond donors (Lipinski definition) is 2. The predicted octanol–water partition coefficient (Wildman–Crippen LogP) is -0.660. The molecule has 2 N–H and O–H groups in total. The van der Waals surface area contributed by atoms with Crippen LogP contribution in [-0.4, -0.2) is 65.5 Å². The topological polar surface area (TPSA) is 98.2 Å². The first-order valence-electron chi connectivity index (χ1n) is 5.75. The van der Waals surface area contributed by atoms with Gasteiger partial charge in [-0.05, 0) is 5.92 Å². The van der Waals surface area contributed by atoms with Crippen LogP contribution in [0, 0.1) is 5.92 Å². The summed E-state index contributed by atoms with van der Waals surface area (Å²) < 4.78 is 26.1. The average Bonchev–Trinajstić information content (AvgIpc) is 2.20. The van der Waals surface area contributed by atoms with Crippen LogP contribution >= 0.6 is 0 Å². The standard InChI is InChI=1S/C10H20N2O5S/c1-8(2)10(15)6-12(7-10)18(16,17)11(3)5-4-9(13)14/h8,15H,4-7H2,1-3H3,(H,13,14). The summed E-state index contributed by atoms with van der Waals surface area (Å²) in [5.41, 5.74) is -0.972. The fraction of sp³-hybridized carbons (Fsp3) is 0.900. The second-order valence-corrected chi connectivity index (χ2v) is 7.03. The number of hydrogen-bond acceptors (Lipinski definition) is 4. The summed E-state index contributed by atoms with van der Waals surface area (Å²) in [6, 6.07) is 0. The number of carbonyl (C=O) groups is 1. The van der Waals surface area contributed by atoms with Gasteiger partial charge in [-0.15, -0.1) is 0 Å². The van der Waals surface area contributed by atoms with Crippen LogP contribution in [0.3, 0.4) is 0 Å². The van der Waals surface area contributed by atoms with Crippen LogP contribution in [0.1, 0.15) is 20.3 Å². The summed E-state index contributed by atoms with van der Waals surface area (Å²) >= 11 is 0. The minimum atomic E-state index is -3.66. The summed E-state index contributed by atoms with van der Waals surface area (Å²) in [7, 11) is -2.32. The van der Waals surface area contributed by atoms with E-state index in [-0.39, 0.29) is 32.0 Å². The van der Waals surface area contributed by atoms with Crippen LogP contribution < -0.4 is 0 Å². The highest BCUT2D eigenvalue weighted by Crippen LogP contribution is 2.31. The zero-order chi connectivity index (χ0) is 14.1. The Morgan fingerprint density at radius 2 is 1.94 bits per heavy atom. The Balaban J connectivity index is 2.59. The van der Waals surface area contributed by atoms with Gasteiger partial charge in [0.2, 0.25) is 0 Å². The first kappa shape index (κ1) is 15.4. The summed E-state index contributed by atoms with van der Waals surface area (Å²) in [5.74, 6) is -1.06. The van der Waals surface area contributed by atoms with Crippen molar-refractivity contribution < 1.29 is 23.4 Å². The largest absolute Gasteiger partial charge is 0.481 e. The van der Waals surface area contributed by atoms with E-state index < -0.39 is 21.8 Å². The highest BCUT2D eigenvalue weighted by Gasteiger charge is 2.49. The van der Waals surface area contributed by atoms with Crippen molar-refractivity contribution in [3.63, 3.8) is 0 Å². The molecule has 1 fully saturated rings. The van der Waals surface area contributed by atoms with Crippen LogP contribution in [0.5, 0.6) is 0 Å². The fourth-order valence-electron chi connectivity index (χ4n) is 1.66. The quantitative estimate of drug-likeness (QED) is 0.673. The first-order valence-corrected chi connectivity index (χ1v) is 7.15. The zero-order valence-corrected chi connectivity index (χ0v) is 11.6. The Morgan fingerprint density at radius 1 is 1.44 bits per heavy atom. The second-order valence-electron chi connectivity index (χ2n) is 5.00. The molecule has 0 unspecified atom stereocenters. The van der Waals surface area contributed by atoms with Crippen molar-refractivity contribution in [3.8, 4) is 0 Å². The average molecular weight is 280 g/mol. The van der Waals surface area contributed by atoms with Gasteiger partial charge < -0.3 is 10.2 Å². The molecule has 106 valence electrons. The molecule has 1 rings (SSSR count). The molecule has 0 aromatic heterocycles. The van der Waals surface area contributed by atoms with Crippen molar-refractivity contribution in [1.82, 2.24) is 8.61 Å². The summed E-state index contributed by atoms with van der Waals surface area (Å²) in [6.45, 7) is 3.71. The van der Waals surface area contributed by atoms with E-state index in [0.29, 0.717) is 0 Å². The van der Waals surface area contributed by atoms with Crippen LogP contribution in [0.4, 0.5) is 0 Å². The fourth-order valence-corrected chi connectivity index (χ4v) is 3.15. The Kier molecular flexibility index (Phi) is 4.37. The van der Waals surface area contributed by atoms with Crippen molar-refractivity contribution in [2.75, 3.05) is 26.7 Å². The van der Waals surface area contributed by atoms with Gasteiger partial charge in [0.15, 0.2) is 0 Å². The molecular formula is C10H20N2O5S. The lowest BCUT2D eigenvalue weighted by Gasteiger charge is -2.48. The normalized spacial score (nSPS) is 20.1. The maximum Gasteiger partial charge on any atom is 0.304 e. The van der Waals surface area contributed by atoms with Crippen molar-refractivity contribution in [2.24, 2.45) is 5.92 Å². The Hall–Kier alpha value is -0.700. The van der Waals surface area contributed by atoms with E-state index in [1.54, 1.807) is 0 Å². The number of carboxylic acid groups (broad SMARTS) is 1. The third-order valence-electron chi connectivity index (χ3n) is 3.34. The number of aliphatic hydroxyl groups is 1. The molecule has 1 aliphatic heterocycles. The van der Waals surface area contributed by atoms with Crippen LogP contribution in [0.25, 0.3) is 0 Å². The van der Waals surface area contributed by atoms with Gasteiger partial charge >= 0.3 is 5.97 Å². The van der Waals surface area contributed by atoms with Gasteiger partial charge in [0.05, 0.1) is 12.0 Å². The van der Waals surface area contributed by atoms with Crippen molar-refractivity contribution in [3.05, 3.63) is 0 Å². The summed E-state index contributed by atoms with van der Waals surface area (Å²) in [4.78, 5) is 10.4. The van der Waals surface area contributed by atoms with Gasteiger partial charge in [-0.3, -0.25) is 4.79 Å². The number of carboxylic acids is 1. The maximum atomic E-state index is 12.0. The lowest BCUT2D eigenvalue weighted by atomic mass is 9.85. The van der Waals surface area contributed by atoms with Crippen LogP contribution in [-0.2, 0) is 15.0 Å². The molecule has 8 heteroatoms. The first-order chi connectivity index (χ1) is 8.09. The second kappa shape index (κ2) is 5.12. The molecule has 0 spiro atoms. The van der Waals surface area contributed by atoms with Crippen molar-refractivity contribution >= 4 is 16.2 Å². The third kappa shape index (κ3) is 3.00. The Bertz CT molecular complexity index is 414. The molecule has 0 aromatic rings. The Morgan fingerprint density at radius 3 is 2.33 bits per heavy atom. The minimum absolute atomic E-state index is 0.0201. The highest BCUT2D eigenvalue weighted by atomic mass is 32.2. The smallest absolute Gasteiger partial charge is 0.304 e. The summed E-state index contributed by atoms with van der Waals surface area (Å²) in [6.07, 6.45) is -0.238. The molecule has 0 bridgehead atoms. The van der Waals surface area contributed by atoms with Gasteiger partial charge in [-0.1, -0.05) is 13.8 Å². The minimum Gasteiger partial charge on any atom is -0.481 e. The molecule has 0 radical (unpaired) electrons. The number of nitrogens with zero attached hydrogens (tertiary/aromatic N) is 2. The molecule has 0 amide bonds. The van der Waals surface area contributed by atoms with Gasteiger partial charge in [0.1, 0.15) is 0 Å². The van der Waals surface area contributed by atoms with E-state index in [1.807, 2.05) is 13.8 Å². The molecular weight excluding hydrogens is 260 g/mol. The predicted molar refractivity (Wildman–Crippen MR) is 65.2 cm³/mol. The third-order valence-corrected chi connectivity index (χ3v) is 5.22. The molecule has 1 saturated heterocycles. The molecule has 0 atom stereocenters. The summed E-state index contributed by atoms with van der Waals surface area (Å²) in [5, 5.41) is 18.5. The maximum absolute atomic E-state index is 12.0. The van der Waals surface area contributed by atoms with E-state index in [2.05, 4.69) is 0 Å². The molecule has 0 saturated carbocycles. The lowest BCUT2D eigenvalue weighted by Crippen LogP contribution is -2.67. The lowest BCUT2D eigenvalue weighted by molar-refractivity contribution is -0.137. The van der Waals surface area contributed by atoms with Crippen molar-refractivity contribution in [1.29, 1.82) is 0 Å². The van der Waals surface area contributed by atoms with E-state index in [4.69, 9.17) is 5.11 Å². The molecule has 1 heterocycles. The Labute approximate surface area is 107 Å². The van der Waals surface area contributed by atoms with E-state index in [0.717, 1.165) is 8.61 Å². The van der Waals surface area contributed by atoms with Crippen LogP contribution in [0.2, 0.25) is 0 Å². The van der Waals surface area contributed by atoms with Gasteiger partial charge in [-0.2, -0.15) is 17.0 Å². The number of β-amino-alcohol motifs (C(OH)–C–C–N with tert-alkyl or cyclic N) is 1.